The summed E-state index contributed by atoms with van der Waals surface area (Å²) >= 11 is 6.40. The van der Waals surface area contributed by atoms with Gasteiger partial charge >= 0.3 is 0 Å². The number of halogens is 2. The molecule has 0 spiro atoms. The average molecular weight is 395 g/mol. The highest BCUT2D eigenvalue weighted by molar-refractivity contribution is 6.32. The molecule has 0 bridgehead atoms. The van der Waals surface area contributed by atoms with E-state index >= 15 is 0 Å². The predicted molar refractivity (Wildman–Crippen MR) is 107 cm³/mol. The summed E-state index contributed by atoms with van der Waals surface area (Å²) in [5.41, 5.74) is 2.67. The van der Waals surface area contributed by atoms with Gasteiger partial charge in [-0.2, -0.15) is 0 Å². The molecule has 2 rings (SSSR count). The van der Waals surface area contributed by atoms with Crippen LogP contribution >= 0.6 is 11.6 Å². The summed E-state index contributed by atoms with van der Waals surface area (Å²) < 4.78 is 5.84. The van der Waals surface area contributed by atoms with Gasteiger partial charge in [0.05, 0.1) is 5.02 Å². The van der Waals surface area contributed by atoms with E-state index in [4.69, 9.17) is 16.3 Å². The largest absolute Gasteiger partial charge is 1.00 e. The number of nitrogens with one attached hydrogen (secondary N) is 1. The third kappa shape index (κ3) is 7.99. The molecule has 2 aromatic carbocycles. The smallest absolute Gasteiger partial charge is 0.138 e. The quantitative estimate of drug-likeness (QED) is 0.777. The van der Waals surface area contributed by atoms with Crippen molar-refractivity contribution in [3.63, 3.8) is 0 Å². The van der Waals surface area contributed by atoms with Crippen molar-refractivity contribution >= 4 is 11.6 Å². The molecule has 0 aliphatic carbocycles. The normalized spacial score (nSPS) is 11.8. The molecule has 144 valence electrons. The van der Waals surface area contributed by atoms with Gasteiger partial charge in [0.1, 0.15) is 12.4 Å². The van der Waals surface area contributed by atoms with E-state index in [2.05, 4.69) is 46.0 Å². The van der Waals surface area contributed by atoms with Crippen LogP contribution in [0.15, 0.2) is 48.5 Å². The van der Waals surface area contributed by atoms with Crippen LogP contribution in [-0.4, -0.2) is 5.54 Å². The summed E-state index contributed by atoms with van der Waals surface area (Å²) in [7, 11) is 0. The SMILES string of the molecule is CC(C)(C)CC(C)(C)NCc1ccc(OCc2ccccc2)c(Cl)c1.[Cl-]. The molecular weight excluding hydrogens is 365 g/mol. The molecule has 0 aliphatic heterocycles. The van der Waals surface area contributed by atoms with Gasteiger partial charge in [-0.1, -0.05) is 68.8 Å². The minimum absolute atomic E-state index is 0. The summed E-state index contributed by atoms with van der Waals surface area (Å²) in [5.74, 6) is 0.725. The van der Waals surface area contributed by atoms with E-state index in [1.165, 1.54) is 5.56 Å². The molecule has 0 heterocycles. The van der Waals surface area contributed by atoms with Gasteiger partial charge in [-0.25, -0.2) is 0 Å². The second-order valence-electron chi connectivity index (χ2n) is 8.51. The fourth-order valence-electron chi connectivity index (χ4n) is 3.24. The van der Waals surface area contributed by atoms with Gasteiger partial charge in [-0.3, -0.25) is 0 Å². The molecule has 0 aromatic heterocycles. The minimum atomic E-state index is 0. The Bertz CT molecular complexity index is 678. The first kappa shape index (κ1) is 22.8. The maximum atomic E-state index is 6.40. The molecule has 4 heteroatoms. The molecule has 26 heavy (non-hydrogen) atoms. The molecule has 1 N–H and O–H groups in total. The molecule has 0 fully saturated rings. The fourth-order valence-corrected chi connectivity index (χ4v) is 3.49. The van der Waals surface area contributed by atoms with E-state index < -0.39 is 0 Å². The first-order valence-corrected chi connectivity index (χ1v) is 9.23. The van der Waals surface area contributed by atoms with Crippen LogP contribution in [0.5, 0.6) is 5.75 Å². The fraction of sp³-hybridized carbons (Fsp3) is 0.455. The van der Waals surface area contributed by atoms with Crippen LogP contribution in [0.1, 0.15) is 52.2 Å². The summed E-state index contributed by atoms with van der Waals surface area (Å²) in [5, 5.41) is 4.29. The lowest BCUT2D eigenvalue weighted by molar-refractivity contribution is -0.00000749. The second kappa shape index (κ2) is 9.64. The van der Waals surface area contributed by atoms with Crippen LogP contribution in [0, 0.1) is 5.41 Å². The topological polar surface area (TPSA) is 21.3 Å². The Morgan fingerprint density at radius 2 is 1.58 bits per heavy atom. The summed E-state index contributed by atoms with van der Waals surface area (Å²) in [6.07, 6.45) is 1.10. The van der Waals surface area contributed by atoms with Gasteiger partial charge in [0.25, 0.3) is 0 Å². The van der Waals surface area contributed by atoms with Gasteiger partial charge in [0, 0.05) is 12.1 Å². The summed E-state index contributed by atoms with van der Waals surface area (Å²) in [6.45, 7) is 12.6. The van der Waals surface area contributed by atoms with Crippen LogP contribution in [0.3, 0.4) is 0 Å². The lowest BCUT2D eigenvalue weighted by atomic mass is 9.82. The molecular formula is C22H30Cl2NO-. The molecule has 2 nitrogen and oxygen atoms in total. The molecule has 0 atom stereocenters. The van der Waals surface area contributed by atoms with Crippen LogP contribution in [-0.2, 0) is 13.2 Å². The first-order chi connectivity index (χ1) is 11.6. The van der Waals surface area contributed by atoms with Crippen molar-refractivity contribution in [2.75, 3.05) is 0 Å². The average Bonchev–Trinajstić information content (AvgIpc) is 2.51. The van der Waals surface area contributed by atoms with Gasteiger partial charge in [-0.15, -0.1) is 0 Å². The van der Waals surface area contributed by atoms with Gasteiger partial charge in [0.15, 0.2) is 0 Å². The number of hydrogen-bond donors (Lipinski definition) is 1. The van der Waals surface area contributed by atoms with E-state index in [0.717, 1.165) is 24.3 Å². The predicted octanol–water partition coefficient (Wildman–Crippen LogP) is 3.23. The van der Waals surface area contributed by atoms with Crippen LogP contribution in [0.4, 0.5) is 0 Å². The Hall–Kier alpha value is -1.22. The van der Waals surface area contributed by atoms with Crippen LogP contribution in [0.25, 0.3) is 0 Å². The Morgan fingerprint density at radius 3 is 2.15 bits per heavy atom. The van der Waals surface area contributed by atoms with E-state index in [9.17, 15) is 0 Å². The van der Waals surface area contributed by atoms with E-state index in [1.807, 2.05) is 42.5 Å². The van der Waals surface area contributed by atoms with Gasteiger partial charge in [0.2, 0.25) is 0 Å². The van der Waals surface area contributed by atoms with Crippen LogP contribution < -0.4 is 22.5 Å². The Morgan fingerprint density at radius 1 is 0.923 bits per heavy atom. The van der Waals surface area contributed by atoms with Gasteiger partial charge < -0.3 is 22.5 Å². The Kier molecular flexibility index (Phi) is 8.46. The van der Waals surface area contributed by atoms with Crippen molar-refractivity contribution in [2.45, 2.75) is 59.7 Å². The zero-order valence-electron chi connectivity index (χ0n) is 16.4. The highest BCUT2D eigenvalue weighted by atomic mass is 35.5. The summed E-state index contributed by atoms with van der Waals surface area (Å²) in [4.78, 5) is 0. The van der Waals surface area contributed by atoms with Crippen molar-refractivity contribution in [2.24, 2.45) is 5.41 Å². The van der Waals surface area contributed by atoms with Crippen molar-refractivity contribution < 1.29 is 17.1 Å². The van der Waals surface area contributed by atoms with Crippen molar-refractivity contribution in [3.05, 3.63) is 64.7 Å². The van der Waals surface area contributed by atoms with E-state index in [0.29, 0.717) is 17.0 Å². The zero-order chi connectivity index (χ0) is 18.5. The standard InChI is InChI=1S/C22H30ClNO.ClH/c1-21(2,3)16-22(4,5)24-14-18-11-12-20(19(23)13-18)25-15-17-9-7-6-8-10-17;/h6-13,24H,14-16H2,1-5H3;1H/p-1. The third-order valence-electron chi connectivity index (χ3n) is 3.98. The van der Waals surface area contributed by atoms with E-state index in [-0.39, 0.29) is 17.9 Å². The van der Waals surface area contributed by atoms with Gasteiger partial charge in [-0.05, 0) is 48.9 Å². The molecule has 0 amide bonds. The van der Waals surface area contributed by atoms with Crippen molar-refractivity contribution in [1.82, 2.24) is 5.32 Å². The minimum Gasteiger partial charge on any atom is -1.00 e. The number of hydrogen-bond acceptors (Lipinski definition) is 2. The van der Waals surface area contributed by atoms with E-state index in [1.54, 1.807) is 0 Å². The monoisotopic (exact) mass is 394 g/mol. The maximum Gasteiger partial charge on any atom is 0.138 e. The molecule has 0 radical (unpaired) electrons. The lowest BCUT2D eigenvalue weighted by Gasteiger charge is -2.33. The second-order valence-corrected chi connectivity index (χ2v) is 8.92. The molecule has 0 aliphatic rings. The highest BCUT2D eigenvalue weighted by Crippen LogP contribution is 2.29. The number of benzene rings is 2. The molecule has 0 saturated heterocycles. The van der Waals surface area contributed by atoms with Crippen molar-refractivity contribution in [3.8, 4) is 5.75 Å². The summed E-state index contributed by atoms with van der Waals surface area (Å²) in [6, 6.07) is 16.1. The first-order valence-electron chi connectivity index (χ1n) is 8.85. The highest BCUT2D eigenvalue weighted by Gasteiger charge is 2.24. The number of ether oxygens (including phenoxy) is 1. The Labute approximate surface area is 169 Å². The van der Waals surface area contributed by atoms with Crippen molar-refractivity contribution in [1.29, 1.82) is 0 Å². The number of rotatable bonds is 7. The lowest BCUT2D eigenvalue weighted by Crippen LogP contribution is -3.00. The Balaban J connectivity index is 0.00000338. The zero-order valence-corrected chi connectivity index (χ0v) is 17.9. The third-order valence-corrected chi connectivity index (χ3v) is 4.27. The molecule has 0 saturated carbocycles. The molecule has 2 aromatic rings. The van der Waals surface area contributed by atoms with Crippen LogP contribution in [0.2, 0.25) is 5.02 Å². The molecule has 0 unspecified atom stereocenters. The maximum absolute atomic E-state index is 6.40.